The van der Waals surface area contributed by atoms with Crippen molar-refractivity contribution in [2.24, 2.45) is 0 Å². The van der Waals surface area contributed by atoms with Gasteiger partial charge in [0.1, 0.15) is 5.75 Å². The lowest BCUT2D eigenvalue weighted by molar-refractivity contribution is -0.130. The van der Waals surface area contributed by atoms with Crippen molar-refractivity contribution in [2.45, 2.75) is 4.90 Å². The standard InChI is InChI=1S/C16H17ClN2O4S/c1-19(2)16(20)11-23-15-9-8-13(10-14(15)17)24(21,22)18-12-6-4-3-5-7-12/h3-10,18H,11H2,1-2H3. The summed E-state index contributed by atoms with van der Waals surface area (Å²) in [6.07, 6.45) is 0. The second-order valence-electron chi connectivity index (χ2n) is 5.14. The number of hydrogen-bond donors (Lipinski definition) is 1. The molecule has 0 atom stereocenters. The monoisotopic (exact) mass is 368 g/mol. The van der Waals surface area contributed by atoms with E-state index in [-0.39, 0.29) is 28.2 Å². The molecule has 0 radical (unpaired) electrons. The number of ether oxygens (including phenoxy) is 1. The van der Waals surface area contributed by atoms with Gasteiger partial charge in [-0.15, -0.1) is 0 Å². The van der Waals surface area contributed by atoms with Gasteiger partial charge in [0.15, 0.2) is 6.61 Å². The Kier molecular flexibility index (Phi) is 5.69. The normalized spacial score (nSPS) is 11.0. The first-order valence-electron chi connectivity index (χ1n) is 7.00. The average Bonchev–Trinajstić information content (AvgIpc) is 2.53. The van der Waals surface area contributed by atoms with Gasteiger partial charge in [-0.05, 0) is 30.3 Å². The molecule has 2 aromatic rings. The van der Waals surface area contributed by atoms with Crippen LogP contribution in [0.25, 0.3) is 0 Å². The number of hydrogen-bond acceptors (Lipinski definition) is 4. The van der Waals surface area contributed by atoms with Gasteiger partial charge in [-0.3, -0.25) is 9.52 Å². The Morgan fingerprint density at radius 1 is 1.17 bits per heavy atom. The molecule has 1 amide bonds. The highest BCUT2D eigenvalue weighted by Crippen LogP contribution is 2.28. The van der Waals surface area contributed by atoms with Crippen LogP contribution in [-0.4, -0.2) is 39.9 Å². The van der Waals surface area contributed by atoms with Crippen LogP contribution in [0.15, 0.2) is 53.4 Å². The molecule has 0 fully saturated rings. The van der Waals surface area contributed by atoms with Crippen molar-refractivity contribution in [1.82, 2.24) is 4.90 Å². The largest absolute Gasteiger partial charge is 0.482 e. The molecule has 0 aromatic heterocycles. The Labute approximate surface area is 146 Å². The Morgan fingerprint density at radius 3 is 2.42 bits per heavy atom. The van der Waals surface area contributed by atoms with Crippen LogP contribution in [-0.2, 0) is 14.8 Å². The average molecular weight is 369 g/mol. The lowest BCUT2D eigenvalue weighted by Gasteiger charge is -2.13. The molecule has 128 valence electrons. The molecule has 0 saturated carbocycles. The van der Waals surface area contributed by atoms with E-state index in [0.29, 0.717) is 5.69 Å². The van der Waals surface area contributed by atoms with Crippen molar-refractivity contribution < 1.29 is 17.9 Å². The minimum absolute atomic E-state index is 0.00244. The van der Waals surface area contributed by atoms with Crippen molar-refractivity contribution in [3.63, 3.8) is 0 Å². The zero-order valence-corrected chi connectivity index (χ0v) is 14.8. The van der Waals surface area contributed by atoms with Crippen LogP contribution in [0.5, 0.6) is 5.75 Å². The quantitative estimate of drug-likeness (QED) is 0.850. The van der Waals surface area contributed by atoms with Crippen molar-refractivity contribution in [1.29, 1.82) is 0 Å². The predicted octanol–water partition coefficient (Wildman–Crippen LogP) is 2.61. The molecular formula is C16H17ClN2O4S. The third-order valence-corrected chi connectivity index (χ3v) is 4.76. The molecule has 6 nitrogen and oxygen atoms in total. The van der Waals surface area contributed by atoms with Gasteiger partial charge in [-0.1, -0.05) is 29.8 Å². The number of anilines is 1. The molecule has 1 N–H and O–H groups in total. The van der Waals surface area contributed by atoms with E-state index >= 15 is 0 Å². The fourth-order valence-electron chi connectivity index (χ4n) is 1.75. The maximum atomic E-state index is 12.3. The minimum Gasteiger partial charge on any atom is -0.482 e. The summed E-state index contributed by atoms with van der Waals surface area (Å²) in [5.74, 6) is 0.0130. The summed E-state index contributed by atoms with van der Waals surface area (Å²) in [7, 11) is -0.544. The summed E-state index contributed by atoms with van der Waals surface area (Å²) in [6, 6.07) is 12.6. The smallest absolute Gasteiger partial charge is 0.261 e. The maximum absolute atomic E-state index is 12.3. The molecular weight excluding hydrogens is 352 g/mol. The molecule has 0 aliphatic rings. The summed E-state index contributed by atoms with van der Waals surface area (Å²) in [5.41, 5.74) is 0.450. The molecule has 2 aromatic carbocycles. The van der Waals surface area contributed by atoms with Crippen LogP contribution in [0.1, 0.15) is 0 Å². The van der Waals surface area contributed by atoms with E-state index in [1.165, 1.54) is 23.1 Å². The highest BCUT2D eigenvalue weighted by molar-refractivity contribution is 7.92. The van der Waals surface area contributed by atoms with Gasteiger partial charge in [-0.2, -0.15) is 0 Å². The number of likely N-dealkylation sites (N-methyl/N-ethyl adjacent to an activating group) is 1. The Balaban J connectivity index is 2.15. The summed E-state index contributed by atoms with van der Waals surface area (Å²) < 4.78 is 32.5. The molecule has 0 unspecified atom stereocenters. The molecule has 0 spiro atoms. The number of carbonyl (C=O) groups is 1. The van der Waals surface area contributed by atoms with Crippen LogP contribution in [0, 0.1) is 0 Å². The first kappa shape index (κ1) is 18.1. The minimum atomic E-state index is -3.76. The second-order valence-corrected chi connectivity index (χ2v) is 7.23. The topological polar surface area (TPSA) is 75.7 Å². The summed E-state index contributed by atoms with van der Waals surface area (Å²) in [6.45, 7) is -0.179. The number of amides is 1. The Bertz CT molecular complexity index is 823. The molecule has 2 rings (SSSR count). The van der Waals surface area contributed by atoms with E-state index < -0.39 is 10.0 Å². The fourth-order valence-corrected chi connectivity index (χ4v) is 3.14. The number of carbonyl (C=O) groups excluding carboxylic acids is 1. The third kappa shape index (κ3) is 4.62. The number of rotatable bonds is 6. The van der Waals surface area contributed by atoms with Crippen LogP contribution in [0.2, 0.25) is 5.02 Å². The van der Waals surface area contributed by atoms with Crippen molar-refractivity contribution >= 4 is 33.2 Å². The summed E-state index contributed by atoms with van der Waals surface area (Å²) >= 11 is 6.06. The molecule has 0 saturated heterocycles. The van der Waals surface area contributed by atoms with Crippen molar-refractivity contribution in [2.75, 3.05) is 25.4 Å². The number of benzene rings is 2. The highest BCUT2D eigenvalue weighted by Gasteiger charge is 2.17. The van der Waals surface area contributed by atoms with E-state index in [1.807, 2.05) is 0 Å². The zero-order valence-electron chi connectivity index (χ0n) is 13.2. The van der Waals surface area contributed by atoms with Gasteiger partial charge in [-0.25, -0.2) is 8.42 Å². The number of halogens is 1. The van der Waals surface area contributed by atoms with Crippen LogP contribution in [0.3, 0.4) is 0 Å². The van der Waals surface area contributed by atoms with E-state index in [0.717, 1.165) is 0 Å². The number of para-hydroxylation sites is 1. The molecule has 8 heteroatoms. The van der Waals surface area contributed by atoms with E-state index in [1.54, 1.807) is 44.4 Å². The predicted molar refractivity (Wildman–Crippen MR) is 92.9 cm³/mol. The van der Waals surface area contributed by atoms with Gasteiger partial charge in [0, 0.05) is 19.8 Å². The summed E-state index contributed by atoms with van der Waals surface area (Å²) in [5, 5.41) is 0.109. The molecule has 0 heterocycles. The van der Waals surface area contributed by atoms with Gasteiger partial charge in [0.25, 0.3) is 15.9 Å². The van der Waals surface area contributed by atoms with Gasteiger partial charge in [0.2, 0.25) is 0 Å². The number of nitrogens with one attached hydrogen (secondary N) is 1. The summed E-state index contributed by atoms with van der Waals surface area (Å²) in [4.78, 5) is 12.9. The van der Waals surface area contributed by atoms with Gasteiger partial charge in [0.05, 0.1) is 9.92 Å². The highest BCUT2D eigenvalue weighted by atomic mass is 35.5. The fraction of sp³-hybridized carbons (Fsp3) is 0.188. The second kappa shape index (κ2) is 7.55. The van der Waals surface area contributed by atoms with Crippen LogP contribution in [0.4, 0.5) is 5.69 Å². The van der Waals surface area contributed by atoms with Gasteiger partial charge < -0.3 is 9.64 Å². The van der Waals surface area contributed by atoms with E-state index in [9.17, 15) is 13.2 Å². The molecule has 0 aliphatic carbocycles. The van der Waals surface area contributed by atoms with Gasteiger partial charge >= 0.3 is 0 Å². The number of nitrogens with zero attached hydrogens (tertiary/aromatic N) is 1. The third-order valence-electron chi connectivity index (χ3n) is 3.09. The van der Waals surface area contributed by atoms with E-state index in [2.05, 4.69) is 4.72 Å². The van der Waals surface area contributed by atoms with Crippen LogP contribution < -0.4 is 9.46 Å². The molecule has 0 aliphatic heterocycles. The lowest BCUT2D eigenvalue weighted by Crippen LogP contribution is -2.27. The number of sulfonamides is 1. The molecule has 24 heavy (non-hydrogen) atoms. The zero-order chi connectivity index (χ0) is 17.7. The lowest BCUT2D eigenvalue weighted by atomic mass is 10.3. The first-order valence-corrected chi connectivity index (χ1v) is 8.86. The first-order chi connectivity index (χ1) is 11.3. The molecule has 0 bridgehead atoms. The SMILES string of the molecule is CN(C)C(=O)COc1ccc(S(=O)(=O)Nc2ccccc2)cc1Cl. The Hall–Kier alpha value is -2.25. The van der Waals surface area contributed by atoms with Crippen LogP contribution >= 0.6 is 11.6 Å². The Morgan fingerprint density at radius 2 is 1.83 bits per heavy atom. The van der Waals surface area contributed by atoms with Crippen molar-refractivity contribution in [3.05, 3.63) is 53.6 Å². The van der Waals surface area contributed by atoms with Crippen molar-refractivity contribution in [3.8, 4) is 5.75 Å². The van der Waals surface area contributed by atoms with E-state index in [4.69, 9.17) is 16.3 Å². The maximum Gasteiger partial charge on any atom is 0.261 e.